The highest BCUT2D eigenvalue weighted by Gasteiger charge is 2.56. The summed E-state index contributed by atoms with van der Waals surface area (Å²) >= 11 is 0. The normalized spacial score (nSPS) is 38.4. The Labute approximate surface area is 78.9 Å². The second kappa shape index (κ2) is 3.22. The predicted molar refractivity (Wildman–Crippen MR) is 48.7 cm³/mol. The molecular weight excluding hydrogens is 190 g/mol. The molecule has 0 aliphatic carbocycles. The minimum absolute atomic E-state index is 0.120. The summed E-state index contributed by atoms with van der Waals surface area (Å²) < 4.78 is 30.1. The van der Waals surface area contributed by atoms with Gasteiger partial charge in [-0.3, -0.25) is 0 Å². The van der Waals surface area contributed by atoms with E-state index in [1.165, 1.54) is 4.31 Å². The largest absolute Gasteiger partial charge is 0.360 e. The molecule has 0 aromatic carbocycles. The third-order valence-electron chi connectivity index (χ3n) is 2.53. The van der Waals surface area contributed by atoms with Crippen molar-refractivity contribution in [1.29, 1.82) is 0 Å². The topological polar surface area (TPSA) is 46.4 Å². The van der Waals surface area contributed by atoms with Gasteiger partial charge in [-0.1, -0.05) is 6.92 Å². The van der Waals surface area contributed by atoms with Gasteiger partial charge < -0.3 is 4.74 Å². The van der Waals surface area contributed by atoms with E-state index < -0.39 is 10.0 Å². The lowest BCUT2D eigenvalue weighted by Crippen LogP contribution is -2.18. The van der Waals surface area contributed by atoms with Gasteiger partial charge in [0, 0.05) is 6.61 Å². The van der Waals surface area contributed by atoms with Crippen LogP contribution in [0, 0.1) is 0 Å². The SMILES string of the molecule is CCCS(=O)(=O)N1[C@@H]2CCCO[C@H]21. The van der Waals surface area contributed by atoms with Crippen LogP contribution < -0.4 is 0 Å². The molecule has 0 radical (unpaired) electrons. The minimum Gasteiger partial charge on any atom is -0.360 e. The van der Waals surface area contributed by atoms with Crippen LogP contribution >= 0.6 is 0 Å². The van der Waals surface area contributed by atoms with Crippen molar-refractivity contribution in [1.82, 2.24) is 4.31 Å². The molecule has 76 valence electrons. The molecule has 5 heteroatoms. The maximum atomic E-state index is 11.6. The fraction of sp³-hybridized carbons (Fsp3) is 1.00. The van der Waals surface area contributed by atoms with Crippen molar-refractivity contribution in [3.05, 3.63) is 0 Å². The highest BCUT2D eigenvalue weighted by Crippen LogP contribution is 2.39. The molecule has 0 N–H and O–H groups in total. The Hall–Kier alpha value is -0.130. The van der Waals surface area contributed by atoms with Gasteiger partial charge in [-0.15, -0.1) is 0 Å². The molecular formula is C8H15NO3S. The summed E-state index contributed by atoms with van der Waals surface area (Å²) in [5.41, 5.74) is 0. The zero-order valence-corrected chi connectivity index (χ0v) is 8.59. The summed E-state index contributed by atoms with van der Waals surface area (Å²) in [6.07, 6.45) is 2.51. The summed E-state index contributed by atoms with van der Waals surface area (Å²) in [4.78, 5) is 0. The second-order valence-corrected chi connectivity index (χ2v) is 5.61. The lowest BCUT2D eigenvalue weighted by molar-refractivity contribution is 0.0787. The van der Waals surface area contributed by atoms with Crippen LogP contribution in [-0.4, -0.2) is 37.4 Å². The summed E-state index contributed by atoms with van der Waals surface area (Å²) in [6, 6.07) is 0.158. The van der Waals surface area contributed by atoms with E-state index in [0.29, 0.717) is 13.0 Å². The zero-order chi connectivity index (χ0) is 9.47. The molecule has 0 saturated carbocycles. The van der Waals surface area contributed by atoms with Crippen LogP contribution in [0.5, 0.6) is 0 Å². The molecule has 0 aromatic heterocycles. The van der Waals surface area contributed by atoms with Gasteiger partial charge in [-0.2, -0.15) is 4.31 Å². The van der Waals surface area contributed by atoms with Crippen molar-refractivity contribution in [2.75, 3.05) is 12.4 Å². The standard InChI is InChI=1S/C8H15NO3S/c1-2-6-13(10,11)9-7-4-3-5-12-8(7)9/h7-8H,2-6H2,1H3/t7-,8-,9?/m1/s1. The van der Waals surface area contributed by atoms with Crippen LogP contribution in [0.2, 0.25) is 0 Å². The van der Waals surface area contributed by atoms with Gasteiger partial charge in [-0.25, -0.2) is 8.42 Å². The molecule has 0 amide bonds. The van der Waals surface area contributed by atoms with E-state index in [4.69, 9.17) is 4.74 Å². The molecule has 2 rings (SSSR count). The molecule has 4 nitrogen and oxygen atoms in total. The summed E-state index contributed by atoms with van der Waals surface area (Å²) in [6.45, 7) is 2.59. The van der Waals surface area contributed by atoms with Crippen LogP contribution in [0.1, 0.15) is 26.2 Å². The van der Waals surface area contributed by atoms with Crippen molar-refractivity contribution in [3.63, 3.8) is 0 Å². The number of hydrogen-bond acceptors (Lipinski definition) is 3. The Bertz CT molecular complexity index is 276. The zero-order valence-electron chi connectivity index (χ0n) is 7.77. The van der Waals surface area contributed by atoms with E-state index in [-0.39, 0.29) is 18.0 Å². The molecule has 2 fully saturated rings. The van der Waals surface area contributed by atoms with Crippen LogP contribution in [0.15, 0.2) is 0 Å². The third kappa shape index (κ3) is 1.60. The molecule has 2 aliphatic heterocycles. The number of hydrogen-bond donors (Lipinski definition) is 0. The number of nitrogens with zero attached hydrogens (tertiary/aromatic N) is 1. The van der Waals surface area contributed by atoms with Crippen molar-refractivity contribution in [2.24, 2.45) is 0 Å². The highest BCUT2D eigenvalue weighted by molar-refractivity contribution is 7.89. The summed E-state index contributed by atoms with van der Waals surface area (Å²) in [5.74, 6) is 0.253. The molecule has 0 spiro atoms. The molecule has 2 aliphatic rings. The number of rotatable bonds is 3. The van der Waals surface area contributed by atoms with Crippen molar-refractivity contribution >= 4 is 10.0 Å². The first-order valence-electron chi connectivity index (χ1n) is 4.79. The van der Waals surface area contributed by atoms with Gasteiger partial charge in [0.15, 0.2) is 0 Å². The molecule has 2 saturated heterocycles. The molecule has 0 aromatic rings. The maximum Gasteiger partial charge on any atom is 0.216 e. The smallest absolute Gasteiger partial charge is 0.216 e. The number of fused-ring (bicyclic) bond motifs is 1. The van der Waals surface area contributed by atoms with Crippen LogP contribution in [-0.2, 0) is 14.8 Å². The lowest BCUT2D eigenvalue weighted by Gasteiger charge is -2.04. The maximum absolute atomic E-state index is 11.6. The minimum atomic E-state index is -3.01. The summed E-state index contributed by atoms with van der Waals surface area (Å²) in [5, 5.41) is 0. The Morgan fingerprint density at radius 3 is 2.85 bits per heavy atom. The van der Waals surface area contributed by atoms with E-state index in [9.17, 15) is 8.42 Å². The summed E-state index contributed by atoms with van der Waals surface area (Å²) in [7, 11) is -3.01. The highest BCUT2D eigenvalue weighted by atomic mass is 32.2. The van der Waals surface area contributed by atoms with E-state index in [1.807, 2.05) is 6.92 Å². The fourth-order valence-electron chi connectivity index (χ4n) is 1.91. The van der Waals surface area contributed by atoms with Crippen LogP contribution in [0.3, 0.4) is 0 Å². The fourth-order valence-corrected chi connectivity index (χ4v) is 3.73. The molecule has 2 heterocycles. The first-order valence-corrected chi connectivity index (χ1v) is 6.40. The quantitative estimate of drug-likeness (QED) is 0.632. The van der Waals surface area contributed by atoms with Crippen molar-refractivity contribution in [2.45, 2.75) is 38.5 Å². The van der Waals surface area contributed by atoms with Crippen LogP contribution in [0.25, 0.3) is 0 Å². The lowest BCUT2D eigenvalue weighted by atomic mass is 10.2. The Kier molecular flexibility index (Phi) is 2.33. The average Bonchev–Trinajstić information content (AvgIpc) is 2.77. The van der Waals surface area contributed by atoms with Crippen molar-refractivity contribution in [3.8, 4) is 0 Å². The third-order valence-corrected chi connectivity index (χ3v) is 4.58. The molecule has 3 atom stereocenters. The molecule has 13 heavy (non-hydrogen) atoms. The number of sulfonamides is 1. The first kappa shape index (κ1) is 9.43. The van der Waals surface area contributed by atoms with Crippen LogP contribution in [0.4, 0.5) is 0 Å². The predicted octanol–water partition coefficient (Wildman–Crippen LogP) is 0.547. The monoisotopic (exact) mass is 205 g/mol. The van der Waals surface area contributed by atoms with E-state index in [1.54, 1.807) is 0 Å². The van der Waals surface area contributed by atoms with Gasteiger partial charge >= 0.3 is 0 Å². The first-order chi connectivity index (χ1) is 6.17. The van der Waals surface area contributed by atoms with Gasteiger partial charge in [-0.05, 0) is 19.3 Å². The number of ether oxygens (including phenoxy) is 1. The van der Waals surface area contributed by atoms with Gasteiger partial charge in [0.25, 0.3) is 0 Å². The Morgan fingerprint density at radius 2 is 2.31 bits per heavy atom. The molecule has 1 unspecified atom stereocenters. The van der Waals surface area contributed by atoms with E-state index in [2.05, 4.69) is 0 Å². The Morgan fingerprint density at radius 1 is 1.54 bits per heavy atom. The second-order valence-electron chi connectivity index (χ2n) is 3.62. The molecule has 0 bridgehead atoms. The van der Waals surface area contributed by atoms with E-state index >= 15 is 0 Å². The van der Waals surface area contributed by atoms with Crippen molar-refractivity contribution < 1.29 is 13.2 Å². The Balaban J connectivity index is 2.03. The van der Waals surface area contributed by atoms with Gasteiger partial charge in [0.2, 0.25) is 10.0 Å². The van der Waals surface area contributed by atoms with E-state index in [0.717, 1.165) is 12.8 Å². The van der Waals surface area contributed by atoms with Gasteiger partial charge in [0.05, 0.1) is 11.8 Å². The van der Waals surface area contributed by atoms with Gasteiger partial charge in [0.1, 0.15) is 6.23 Å². The average molecular weight is 205 g/mol.